The highest BCUT2D eigenvalue weighted by Gasteiger charge is 2.10. The highest BCUT2D eigenvalue weighted by atomic mass is 35.5. The Hall–Kier alpha value is -1.36. The zero-order valence-corrected chi connectivity index (χ0v) is 11.1. The summed E-state index contributed by atoms with van der Waals surface area (Å²) in [6.45, 7) is 0. The number of halogens is 3. The summed E-state index contributed by atoms with van der Waals surface area (Å²) in [5.74, 6) is 0.610. The fourth-order valence-corrected chi connectivity index (χ4v) is 2.32. The molecule has 0 fully saturated rings. The van der Waals surface area contributed by atoms with Crippen molar-refractivity contribution in [1.29, 1.82) is 0 Å². The van der Waals surface area contributed by atoms with Gasteiger partial charge < -0.3 is 0 Å². The summed E-state index contributed by atoms with van der Waals surface area (Å²) in [7, 11) is 0. The van der Waals surface area contributed by atoms with Crippen LogP contribution in [0, 0.1) is 0 Å². The Balaban J connectivity index is 2.25. The molecule has 0 radical (unpaired) electrons. The molecule has 2 aromatic heterocycles. The van der Waals surface area contributed by atoms with Crippen molar-refractivity contribution in [3.8, 4) is 11.4 Å². The molecule has 0 N–H and O–H groups in total. The van der Waals surface area contributed by atoms with Gasteiger partial charge in [0.1, 0.15) is 11.5 Å². The molecule has 0 spiro atoms. The number of fused-ring (bicyclic) bond motifs is 1. The number of aromatic nitrogens is 4. The van der Waals surface area contributed by atoms with Gasteiger partial charge in [-0.05, 0) is 18.2 Å². The van der Waals surface area contributed by atoms with Crippen LogP contribution in [0.1, 0.15) is 0 Å². The second-order valence-corrected chi connectivity index (χ2v) is 4.88. The van der Waals surface area contributed by atoms with Crippen molar-refractivity contribution >= 4 is 40.4 Å². The third-order valence-electron chi connectivity index (χ3n) is 2.39. The van der Waals surface area contributed by atoms with Gasteiger partial charge in [-0.1, -0.05) is 34.8 Å². The first kappa shape index (κ1) is 11.7. The van der Waals surface area contributed by atoms with E-state index in [-0.39, 0.29) is 0 Å². The minimum absolute atomic E-state index is 0.366. The van der Waals surface area contributed by atoms with Crippen LogP contribution in [-0.4, -0.2) is 19.6 Å². The van der Waals surface area contributed by atoms with Crippen LogP contribution < -0.4 is 0 Å². The Bertz CT molecular complexity index is 718. The first-order valence-electron chi connectivity index (χ1n) is 4.96. The molecule has 18 heavy (non-hydrogen) atoms. The molecule has 4 nitrogen and oxygen atoms in total. The first-order valence-corrected chi connectivity index (χ1v) is 6.09. The maximum absolute atomic E-state index is 5.96. The number of nitrogens with zero attached hydrogens (tertiary/aromatic N) is 4. The lowest BCUT2D eigenvalue weighted by Gasteiger charge is -2.01. The number of hydrogen-bond acceptors (Lipinski definition) is 3. The Morgan fingerprint density at radius 1 is 0.889 bits per heavy atom. The van der Waals surface area contributed by atoms with Gasteiger partial charge in [0.05, 0.1) is 0 Å². The predicted molar refractivity (Wildman–Crippen MR) is 71.2 cm³/mol. The maximum Gasteiger partial charge on any atom is 0.169 e. The van der Waals surface area contributed by atoms with E-state index >= 15 is 0 Å². The lowest BCUT2D eigenvalue weighted by Crippen LogP contribution is -1.91. The van der Waals surface area contributed by atoms with Crippen molar-refractivity contribution < 1.29 is 0 Å². The van der Waals surface area contributed by atoms with Gasteiger partial charge in [0.15, 0.2) is 11.5 Å². The van der Waals surface area contributed by atoms with Crippen molar-refractivity contribution in [2.24, 2.45) is 0 Å². The van der Waals surface area contributed by atoms with E-state index in [1.54, 1.807) is 35.0 Å². The largest absolute Gasteiger partial charge is 0.265 e. The monoisotopic (exact) mass is 298 g/mol. The van der Waals surface area contributed by atoms with Crippen molar-refractivity contribution in [3.05, 3.63) is 45.8 Å². The summed E-state index contributed by atoms with van der Waals surface area (Å²) in [4.78, 5) is 3.99. The van der Waals surface area contributed by atoms with Gasteiger partial charge in [-0.3, -0.25) is 4.40 Å². The zero-order chi connectivity index (χ0) is 12.7. The molecular formula is C11H5Cl3N4. The minimum Gasteiger partial charge on any atom is -0.265 e. The zero-order valence-electron chi connectivity index (χ0n) is 8.81. The quantitative estimate of drug-likeness (QED) is 0.643. The molecule has 0 aliphatic carbocycles. The number of rotatable bonds is 1. The highest BCUT2D eigenvalue weighted by Crippen LogP contribution is 2.26. The van der Waals surface area contributed by atoms with Crippen molar-refractivity contribution in [1.82, 2.24) is 19.6 Å². The molecule has 0 amide bonds. The van der Waals surface area contributed by atoms with Crippen LogP contribution in [0.25, 0.3) is 17.0 Å². The molecule has 2 heterocycles. The van der Waals surface area contributed by atoms with Gasteiger partial charge in [0.2, 0.25) is 0 Å². The van der Waals surface area contributed by atoms with E-state index in [4.69, 9.17) is 34.8 Å². The second-order valence-electron chi connectivity index (χ2n) is 3.62. The molecule has 0 unspecified atom stereocenters. The van der Waals surface area contributed by atoms with Crippen molar-refractivity contribution in [2.75, 3.05) is 0 Å². The summed E-state index contributed by atoms with van der Waals surface area (Å²) >= 11 is 17.7. The molecular weight excluding hydrogens is 295 g/mol. The fourth-order valence-electron chi connectivity index (χ4n) is 1.65. The normalized spacial score (nSPS) is 11.1. The van der Waals surface area contributed by atoms with E-state index in [0.29, 0.717) is 26.7 Å². The van der Waals surface area contributed by atoms with Gasteiger partial charge in [-0.2, -0.15) is 0 Å². The van der Waals surface area contributed by atoms with Gasteiger partial charge in [-0.25, -0.2) is 4.98 Å². The van der Waals surface area contributed by atoms with E-state index in [1.807, 2.05) is 0 Å². The maximum atomic E-state index is 5.96. The Kier molecular flexibility index (Phi) is 2.86. The van der Waals surface area contributed by atoms with Crippen LogP contribution >= 0.6 is 34.8 Å². The third kappa shape index (κ3) is 2.03. The van der Waals surface area contributed by atoms with Crippen molar-refractivity contribution in [2.45, 2.75) is 0 Å². The number of hydrogen-bond donors (Lipinski definition) is 0. The molecule has 90 valence electrons. The number of benzene rings is 1. The SMILES string of the molecule is Clc1cc(Cl)cc(-c2nnc3cc(Cl)ncn23)c1. The van der Waals surface area contributed by atoms with E-state index in [1.165, 1.54) is 0 Å². The molecule has 0 saturated carbocycles. The molecule has 3 aromatic rings. The van der Waals surface area contributed by atoms with Crippen LogP contribution in [-0.2, 0) is 0 Å². The van der Waals surface area contributed by atoms with Crippen molar-refractivity contribution in [3.63, 3.8) is 0 Å². The van der Waals surface area contributed by atoms with Crippen LogP contribution in [0.3, 0.4) is 0 Å². The average Bonchev–Trinajstić information content (AvgIpc) is 2.70. The predicted octanol–water partition coefficient (Wildman–Crippen LogP) is 3.75. The molecule has 0 atom stereocenters. The van der Waals surface area contributed by atoms with E-state index in [0.717, 1.165) is 5.56 Å². The molecule has 0 aliphatic rings. The van der Waals surface area contributed by atoms with E-state index in [2.05, 4.69) is 15.2 Å². The van der Waals surface area contributed by atoms with Gasteiger partial charge >= 0.3 is 0 Å². The Morgan fingerprint density at radius 2 is 1.61 bits per heavy atom. The van der Waals surface area contributed by atoms with Crippen LogP contribution in [0.5, 0.6) is 0 Å². The lowest BCUT2D eigenvalue weighted by molar-refractivity contribution is 1.08. The standard InChI is InChI=1S/C11H5Cl3N4/c12-7-1-6(2-8(13)3-7)11-17-16-10-4-9(14)15-5-18(10)11/h1-5H. The first-order chi connectivity index (χ1) is 8.63. The van der Waals surface area contributed by atoms with E-state index < -0.39 is 0 Å². The Morgan fingerprint density at radius 3 is 2.33 bits per heavy atom. The minimum atomic E-state index is 0.366. The van der Waals surface area contributed by atoms with E-state index in [9.17, 15) is 0 Å². The van der Waals surface area contributed by atoms with Crippen LogP contribution in [0.2, 0.25) is 15.2 Å². The highest BCUT2D eigenvalue weighted by molar-refractivity contribution is 6.35. The molecule has 0 saturated heterocycles. The molecule has 3 rings (SSSR count). The molecule has 0 bridgehead atoms. The van der Waals surface area contributed by atoms with Gasteiger partial charge in [0, 0.05) is 21.7 Å². The smallest absolute Gasteiger partial charge is 0.169 e. The summed E-state index contributed by atoms with van der Waals surface area (Å²) in [6, 6.07) is 6.81. The lowest BCUT2D eigenvalue weighted by atomic mass is 10.2. The fraction of sp³-hybridized carbons (Fsp3) is 0. The summed E-state index contributed by atoms with van der Waals surface area (Å²) in [5.41, 5.74) is 1.38. The van der Waals surface area contributed by atoms with Crippen LogP contribution in [0.4, 0.5) is 0 Å². The van der Waals surface area contributed by atoms with Gasteiger partial charge in [-0.15, -0.1) is 10.2 Å². The third-order valence-corrected chi connectivity index (χ3v) is 3.03. The second kappa shape index (κ2) is 4.39. The molecule has 0 aliphatic heterocycles. The summed E-state index contributed by atoms with van der Waals surface area (Å²) in [5, 5.41) is 9.55. The Labute approximate surface area is 117 Å². The van der Waals surface area contributed by atoms with Gasteiger partial charge in [0.25, 0.3) is 0 Å². The molecule has 7 heteroatoms. The van der Waals surface area contributed by atoms with Crippen LogP contribution in [0.15, 0.2) is 30.6 Å². The average molecular weight is 300 g/mol. The summed E-state index contributed by atoms with van der Waals surface area (Å²) < 4.78 is 1.72. The summed E-state index contributed by atoms with van der Waals surface area (Å²) in [6.07, 6.45) is 1.56. The topological polar surface area (TPSA) is 43.1 Å². The molecule has 1 aromatic carbocycles.